The first-order valence-corrected chi connectivity index (χ1v) is 9.97. The lowest BCUT2D eigenvalue weighted by Crippen LogP contribution is -2.31. The number of hydrogen-bond donors (Lipinski definition) is 1. The maximum atomic E-state index is 12.2. The highest BCUT2D eigenvalue weighted by molar-refractivity contribution is 6.30. The molecular formula is C25H19ClN2O4. The Morgan fingerprint density at radius 3 is 2.38 bits per heavy atom. The van der Waals surface area contributed by atoms with Crippen LogP contribution >= 0.6 is 11.6 Å². The first kappa shape index (κ1) is 22.6. The van der Waals surface area contributed by atoms with Crippen molar-refractivity contribution in [3.05, 3.63) is 94.5 Å². The van der Waals surface area contributed by atoms with Crippen molar-refractivity contribution in [1.82, 2.24) is 5.32 Å². The number of ether oxygens (including phenoxy) is 2. The summed E-state index contributed by atoms with van der Waals surface area (Å²) in [4.78, 5) is 24.2. The zero-order valence-electron chi connectivity index (χ0n) is 17.2. The fourth-order valence-electron chi connectivity index (χ4n) is 2.84. The number of benzene rings is 3. The molecule has 0 aliphatic rings. The Bertz CT molecular complexity index is 1180. The summed E-state index contributed by atoms with van der Waals surface area (Å²) < 4.78 is 10.7. The summed E-state index contributed by atoms with van der Waals surface area (Å²) in [6.45, 7) is -0.298. The van der Waals surface area contributed by atoms with Gasteiger partial charge in [-0.15, -0.1) is 0 Å². The maximum absolute atomic E-state index is 12.2. The summed E-state index contributed by atoms with van der Waals surface area (Å²) in [7, 11) is 1.45. The highest BCUT2D eigenvalue weighted by atomic mass is 35.5. The molecule has 0 radical (unpaired) electrons. The van der Waals surface area contributed by atoms with Crippen LogP contribution in [-0.4, -0.2) is 25.5 Å². The van der Waals surface area contributed by atoms with Crippen LogP contribution in [0.2, 0.25) is 5.02 Å². The van der Waals surface area contributed by atoms with Crippen LogP contribution in [0.1, 0.15) is 21.5 Å². The number of carbonyl (C=O) groups is 2. The van der Waals surface area contributed by atoms with Gasteiger partial charge in [0.2, 0.25) is 0 Å². The first-order chi connectivity index (χ1) is 15.5. The molecule has 32 heavy (non-hydrogen) atoms. The third-order valence-corrected chi connectivity index (χ3v) is 4.68. The van der Waals surface area contributed by atoms with Crippen molar-refractivity contribution in [2.24, 2.45) is 0 Å². The molecule has 0 aromatic heterocycles. The Kier molecular flexibility index (Phi) is 7.63. The summed E-state index contributed by atoms with van der Waals surface area (Å²) >= 11 is 5.91. The van der Waals surface area contributed by atoms with Gasteiger partial charge in [0, 0.05) is 10.6 Å². The van der Waals surface area contributed by atoms with Crippen LogP contribution in [0.4, 0.5) is 0 Å². The van der Waals surface area contributed by atoms with Gasteiger partial charge in [-0.1, -0.05) is 48.0 Å². The number of hydrogen-bond acceptors (Lipinski definition) is 5. The van der Waals surface area contributed by atoms with Crippen LogP contribution in [0, 0.1) is 11.3 Å². The van der Waals surface area contributed by atoms with E-state index in [4.69, 9.17) is 21.1 Å². The van der Waals surface area contributed by atoms with Gasteiger partial charge in [-0.05, 0) is 53.6 Å². The van der Waals surface area contributed by atoms with E-state index in [0.717, 1.165) is 5.56 Å². The van der Waals surface area contributed by atoms with Crippen LogP contribution in [0.15, 0.2) is 72.8 Å². The Morgan fingerprint density at radius 2 is 1.72 bits per heavy atom. The molecule has 0 bridgehead atoms. The molecule has 0 saturated heterocycles. The predicted molar refractivity (Wildman–Crippen MR) is 122 cm³/mol. The molecule has 0 heterocycles. The molecule has 0 unspecified atom stereocenters. The number of methoxy groups -OCH3 is 1. The van der Waals surface area contributed by atoms with E-state index in [-0.39, 0.29) is 18.2 Å². The summed E-state index contributed by atoms with van der Waals surface area (Å²) in [5.41, 5.74) is 2.30. The molecule has 0 spiro atoms. The average Bonchev–Trinajstić information content (AvgIpc) is 2.83. The van der Waals surface area contributed by atoms with Crippen molar-refractivity contribution >= 4 is 35.1 Å². The number of carbonyl (C=O) groups excluding carboxylic acids is 2. The van der Waals surface area contributed by atoms with E-state index in [9.17, 15) is 14.9 Å². The summed E-state index contributed by atoms with van der Waals surface area (Å²) in [6, 6.07) is 22.6. The average molecular weight is 447 g/mol. The van der Waals surface area contributed by atoms with Crippen LogP contribution in [-0.2, 0) is 4.79 Å². The normalized spacial score (nSPS) is 10.7. The van der Waals surface area contributed by atoms with E-state index in [2.05, 4.69) is 11.4 Å². The SMILES string of the molecule is COc1cc(/C=C(/C#N)c2ccc(Cl)cc2)ccc1OC(=O)CNC(=O)c1ccccc1. The van der Waals surface area contributed by atoms with Gasteiger partial charge in [0.15, 0.2) is 11.5 Å². The number of halogens is 1. The third-order valence-electron chi connectivity index (χ3n) is 4.43. The van der Waals surface area contributed by atoms with E-state index in [1.54, 1.807) is 78.9 Å². The molecule has 0 aliphatic heterocycles. The van der Waals surface area contributed by atoms with Gasteiger partial charge in [0.25, 0.3) is 5.91 Å². The molecule has 0 aliphatic carbocycles. The quantitative estimate of drug-likeness (QED) is 0.245. The largest absolute Gasteiger partial charge is 0.493 e. The number of esters is 1. The van der Waals surface area contributed by atoms with Crippen LogP contribution in [0.3, 0.4) is 0 Å². The van der Waals surface area contributed by atoms with Crippen LogP contribution in [0.25, 0.3) is 11.6 Å². The number of amides is 1. The monoisotopic (exact) mass is 446 g/mol. The number of nitrogens with one attached hydrogen (secondary N) is 1. The van der Waals surface area contributed by atoms with Gasteiger partial charge in [-0.2, -0.15) is 5.26 Å². The minimum atomic E-state index is -0.644. The van der Waals surface area contributed by atoms with E-state index in [0.29, 0.717) is 27.5 Å². The van der Waals surface area contributed by atoms with Crippen molar-refractivity contribution in [1.29, 1.82) is 5.26 Å². The summed E-state index contributed by atoms with van der Waals surface area (Å²) in [5.74, 6) is -0.500. The molecule has 1 N–H and O–H groups in total. The summed E-state index contributed by atoms with van der Waals surface area (Å²) in [5, 5.41) is 12.6. The maximum Gasteiger partial charge on any atom is 0.330 e. The lowest BCUT2D eigenvalue weighted by atomic mass is 10.0. The number of allylic oxidation sites excluding steroid dienone is 1. The molecule has 0 saturated carbocycles. The second-order valence-electron chi connectivity index (χ2n) is 6.61. The summed E-state index contributed by atoms with van der Waals surface area (Å²) in [6.07, 6.45) is 1.69. The van der Waals surface area contributed by atoms with Crippen molar-refractivity contribution in [3.8, 4) is 17.6 Å². The van der Waals surface area contributed by atoms with E-state index < -0.39 is 5.97 Å². The van der Waals surface area contributed by atoms with Crippen molar-refractivity contribution in [3.63, 3.8) is 0 Å². The topological polar surface area (TPSA) is 88.4 Å². The van der Waals surface area contributed by atoms with Gasteiger partial charge in [-0.25, -0.2) is 4.79 Å². The molecule has 3 aromatic carbocycles. The fourth-order valence-corrected chi connectivity index (χ4v) is 2.96. The van der Waals surface area contributed by atoms with Crippen LogP contribution < -0.4 is 14.8 Å². The van der Waals surface area contributed by atoms with Gasteiger partial charge in [0.1, 0.15) is 6.54 Å². The zero-order chi connectivity index (χ0) is 22.9. The Labute approximate surface area is 190 Å². The highest BCUT2D eigenvalue weighted by Gasteiger charge is 2.13. The molecule has 6 nitrogen and oxygen atoms in total. The standard InChI is InChI=1S/C25H19ClN2O4/c1-31-23-14-17(13-20(15-27)18-8-10-21(26)11-9-18)7-12-22(23)32-24(29)16-28-25(30)19-5-3-2-4-6-19/h2-14H,16H2,1H3,(H,28,30)/b20-13-. The first-order valence-electron chi connectivity index (χ1n) is 9.60. The van der Waals surface area contributed by atoms with Gasteiger partial charge in [0.05, 0.1) is 18.8 Å². The molecule has 3 rings (SSSR count). The molecule has 1 amide bonds. The number of nitriles is 1. The van der Waals surface area contributed by atoms with Crippen molar-refractivity contribution < 1.29 is 19.1 Å². The molecule has 0 fully saturated rings. The molecule has 160 valence electrons. The van der Waals surface area contributed by atoms with Crippen LogP contribution in [0.5, 0.6) is 11.5 Å². The second-order valence-corrected chi connectivity index (χ2v) is 7.05. The lowest BCUT2D eigenvalue weighted by Gasteiger charge is -2.11. The Balaban J connectivity index is 1.69. The van der Waals surface area contributed by atoms with Crippen molar-refractivity contribution in [2.75, 3.05) is 13.7 Å². The van der Waals surface area contributed by atoms with Gasteiger partial charge >= 0.3 is 5.97 Å². The van der Waals surface area contributed by atoms with E-state index in [1.165, 1.54) is 7.11 Å². The zero-order valence-corrected chi connectivity index (χ0v) is 17.9. The Hall–Kier alpha value is -4.08. The van der Waals surface area contributed by atoms with Gasteiger partial charge < -0.3 is 14.8 Å². The highest BCUT2D eigenvalue weighted by Crippen LogP contribution is 2.30. The minimum Gasteiger partial charge on any atom is -0.493 e. The molecule has 3 aromatic rings. The molecule has 0 atom stereocenters. The van der Waals surface area contributed by atoms with Crippen molar-refractivity contribution in [2.45, 2.75) is 0 Å². The third kappa shape index (κ3) is 5.97. The number of nitrogens with zero attached hydrogens (tertiary/aromatic N) is 1. The van der Waals surface area contributed by atoms with Gasteiger partial charge in [-0.3, -0.25) is 4.79 Å². The molecule has 7 heteroatoms. The lowest BCUT2D eigenvalue weighted by molar-refractivity contribution is -0.133. The Morgan fingerprint density at radius 1 is 1.00 bits per heavy atom. The molecular weight excluding hydrogens is 428 g/mol. The smallest absolute Gasteiger partial charge is 0.330 e. The predicted octanol–water partition coefficient (Wildman–Crippen LogP) is 4.75. The minimum absolute atomic E-state index is 0.202. The second kappa shape index (κ2) is 10.8. The fraction of sp³-hybridized carbons (Fsp3) is 0.0800. The number of rotatable bonds is 7. The van der Waals surface area contributed by atoms with E-state index in [1.807, 2.05) is 0 Å². The van der Waals surface area contributed by atoms with E-state index >= 15 is 0 Å².